The summed E-state index contributed by atoms with van der Waals surface area (Å²) in [5.41, 5.74) is 1.01. The molecule has 2 atom stereocenters. The van der Waals surface area contributed by atoms with Crippen molar-refractivity contribution in [2.45, 2.75) is 25.8 Å². The first-order valence-electron chi connectivity index (χ1n) is 6.49. The zero-order valence-corrected chi connectivity index (χ0v) is 12.4. The van der Waals surface area contributed by atoms with Crippen LogP contribution in [0.15, 0.2) is 22.7 Å². The van der Waals surface area contributed by atoms with E-state index in [4.69, 9.17) is 0 Å². The molecule has 1 heterocycles. The molecule has 1 aliphatic rings. The molecule has 0 spiro atoms. The van der Waals surface area contributed by atoms with Gasteiger partial charge >= 0.3 is 0 Å². The third-order valence-electron chi connectivity index (χ3n) is 3.59. The average Bonchev–Trinajstić information content (AvgIpc) is 2.41. The Balaban J connectivity index is 2.03. The van der Waals surface area contributed by atoms with Crippen LogP contribution in [0.25, 0.3) is 0 Å². The summed E-state index contributed by atoms with van der Waals surface area (Å²) in [7, 11) is 0. The van der Waals surface area contributed by atoms with E-state index >= 15 is 0 Å². The third kappa shape index (κ3) is 3.67. The lowest BCUT2D eigenvalue weighted by atomic mass is 9.92. The highest BCUT2D eigenvalue weighted by molar-refractivity contribution is 9.10. The van der Waals surface area contributed by atoms with Crippen LogP contribution in [0.3, 0.4) is 0 Å². The van der Waals surface area contributed by atoms with Crippen LogP contribution in [0.1, 0.15) is 19.8 Å². The lowest BCUT2D eigenvalue weighted by molar-refractivity contribution is -0.384. The van der Waals surface area contributed by atoms with Crippen LogP contribution in [0.5, 0.6) is 0 Å². The molecule has 0 aliphatic carbocycles. The highest BCUT2D eigenvalue weighted by atomic mass is 79.9. The molecule has 5 nitrogen and oxygen atoms in total. The number of non-ortho nitro benzene ring substituents is 1. The average molecular weight is 328 g/mol. The predicted octanol–water partition coefficient (Wildman–Crippen LogP) is 3.16. The molecule has 1 aliphatic heterocycles. The van der Waals surface area contributed by atoms with Crippen molar-refractivity contribution in [2.24, 2.45) is 5.92 Å². The molecule has 1 saturated heterocycles. The highest BCUT2D eigenvalue weighted by Gasteiger charge is 2.20. The number of rotatable bonds is 4. The first-order valence-corrected chi connectivity index (χ1v) is 7.28. The van der Waals surface area contributed by atoms with Crippen LogP contribution in [0.4, 0.5) is 11.4 Å². The first-order chi connectivity index (χ1) is 9.08. The van der Waals surface area contributed by atoms with Crippen molar-refractivity contribution >= 4 is 27.3 Å². The highest BCUT2D eigenvalue weighted by Crippen LogP contribution is 2.29. The number of nitro benzene ring substituents is 1. The third-order valence-corrected chi connectivity index (χ3v) is 4.24. The molecule has 0 radical (unpaired) electrons. The number of hydrogen-bond acceptors (Lipinski definition) is 4. The number of halogens is 1. The Hall–Kier alpha value is -1.14. The van der Waals surface area contributed by atoms with E-state index in [0.717, 1.165) is 23.2 Å². The van der Waals surface area contributed by atoms with Gasteiger partial charge in [-0.2, -0.15) is 0 Å². The monoisotopic (exact) mass is 327 g/mol. The summed E-state index contributed by atoms with van der Waals surface area (Å²) in [6.45, 7) is 4.29. The van der Waals surface area contributed by atoms with Gasteiger partial charge in [-0.1, -0.05) is 0 Å². The van der Waals surface area contributed by atoms with Crippen molar-refractivity contribution in [3.8, 4) is 0 Å². The van der Waals surface area contributed by atoms with Crippen LogP contribution in [-0.2, 0) is 0 Å². The van der Waals surface area contributed by atoms with Crippen LogP contribution in [0, 0.1) is 16.0 Å². The van der Waals surface area contributed by atoms with Crippen LogP contribution < -0.4 is 10.6 Å². The Bertz CT molecular complexity index is 461. The van der Waals surface area contributed by atoms with Crippen molar-refractivity contribution in [3.05, 3.63) is 32.8 Å². The molecule has 19 heavy (non-hydrogen) atoms. The van der Waals surface area contributed by atoms with E-state index in [0.29, 0.717) is 12.0 Å². The van der Waals surface area contributed by atoms with Gasteiger partial charge in [-0.25, -0.2) is 0 Å². The Morgan fingerprint density at radius 2 is 2.37 bits per heavy atom. The number of piperidine rings is 1. The number of nitro groups is 1. The molecule has 0 amide bonds. The standard InChI is InChI=1S/C13H18BrN3O2/c1-9(10-3-2-6-15-8-10)16-13-5-4-11(17(18)19)7-12(13)14/h4-5,7,9-10,15-16H,2-3,6,8H2,1H3. The lowest BCUT2D eigenvalue weighted by Crippen LogP contribution is -2.38. The van der Waals surface area contributed by atoms with E-state index in [-0.39, 0.29) is 10.6 Å². The molecular formula is C13H18BrN3O2. The summed E-state index contributed by atoms with van der Waals surface area (Å²) in [6, 6.07) is 5.16. The molecule has 1 aromatic rings. The molecule has 0 saturated carbocycles. The second-order valence-electron chi connectivity index (χ2n) is 4.96. The molecule has 1 fully saturated rings. The van der Waals surface area contributed by atoms with Gasteiger partial charge in [0.25, 0.3) is 5.69 Å². The topological polar surface area (TPSA) is 67.2 Å². The summed E-state index contributed by atoms with van der Waals surface area (Å²) < 4.78 is 0.734. The minimum atomic E-state index is -0.386. The molecule has 2 N–H and O–H groups in total. The van der Waals surface area contributed by atoms with Gasteiger partial charge in [0.15, 0.2) is 0 Å². The second-order valence-corrected chi connectivity index (χ2v) is 5.82. The maximum atomic E-state index is 10.7. The SMILES string of the molecule is CC(Nc1ccc([N+](=O)[O-])cc1Br)C1CCCNC1. The van der Waals surface area contributed by atoms with Crippen molar-refractivity contribution in [1.29, 1.82) is 0 Å². The Labute approximate surface area is 121 Å². The van der Waals surface area contributed by atoms with E-state index in [1.807, 2.05) is 0 Å². The summed E-state index contributed by atoms with van der Waals surface area (Å²) in [6.07, 6.45) is 2.42. The van der Waals surface area contributed by atoms with E-state index < -0.39 is 0 Å². The molecule has 1 aromatic carbocycles. The molecule has 2 rings (SSSR count). The van der Waals surface area contributed by atoms with Gasteiger partial charge < -0.3 is 10.6 Å². The smallest absolute Gasteiger partial charge is 0.270 e. The van der Waals surface area contributed by atoms with E-state index in [1.54, 1.807) is 6.07 Å². The van der Waals surface area contributed by atoms with Gasteiger partial charge in [0.2, 0.25) is 0 Å². The van der Waals surface area contributed by atoms with E-state index in [9.17, 15) is 10.1 Å². The maximum Gasteiger partial charge on any atom is 0.270 e. The fourth-order valence-corrected chi connectivity index (χ4v) is 2.88. The fraction of sp³-hybridized carbons (Fsp3) is 0.538. The van der Waals surface area contributed by atoms with Gasteiger partial charge in [0.1, 0.15) is 0 Å². The minimum absolute atomic E-state index is 0.101. The zero-order valence-electron chi connectivity index (χ0n) is 10.9. The van der Waals surface area contributed by atoms with Gasteiger partial charge in [0, 0.05) is 28.3 Å². The number of nitrogens with zero attached hydrogens (tertiary/aromatic N) is 1. The van der Waals surface area contributed by atoms with Crippen molar-refractivity contribution < 1.29 is 4.92 Å². The van der Waals surface area contributed by atoms with Crippen molar-refractivity contribution in [3.63, 3.8) is 0 Å². The van der Waals surface area contributed by atoms with Gasteiger partial charge in [0.05, 0.1) is 4.92 Å². The first kappa shape index (κ1) is 14.3. The number of hydrogen-bond donors (Lipinski definition) is 2. The minimum Gasteiger partial charge on any atom is -0.381 e. The summed E-state index contributed by atoms with van der Waals surface area (Å²) in [5, 5.41) is 17.5. The molecular weight excluding hydrogens is 310 g/mol. The quantitative estimate of drug-likeness (QED) is 0.658. The Morgan fingerprint density at radius 1 is 1.58 bits per heavy atom. The van der Waals surface area contributed by atoms with Gasteiger partial charge in [-0.05, 0) is 60.8 Å². The number of benzene rings is 1. The Kier molecular flexibility index (Phi) is 4.76. The largest absolute Gasteiger partial charge is 0.381 e. The molecule has 104 valence electrons. The molecule has 0 bridgehead atoms. The molecule has 6 heteroatoms. The second kappa shape index (κ2) is 6.34. The zero-order chi connectivity index (χ0) is 13.8. The predicted molar refractivity (Wildman–Crippen MR) is 79.5 cm³/mol. The fourth-order valence-electron chi connectivity index (χ4n) is 2.40. The summed E-state index contributed by atoms with van der Waals surface area (Å²) >= 11 is 3.39. The maximum absolute atomic E-state index is 10.7. The Morgan fingerprint density at radius 3 is 2.95 bits per heavy atom. The van der Waals surface area contributed by atoms with Gasteiger partial charge in [-0.3, -0.25) is 10.1 Å². The van der Waals surface area contributed by atoms with Crippen molar-refractivity contribution in [1.82, 2.24) is 5.32 Å². The summed E-state index contributed by atoms with van der Waals surface area (Å²) in [5.74, 6) is 0.593. The van der Waals surface area contributed by atoms with Gasteiger partial charge in [-0.15, -0.1) is 0 Å². The summed E-state index contributed by atoms with van der Waals surface area (Å²) in [4.78, 5) is 10.3. The number of anilines is 1. The lowest BCUT2D eigenvalue weighted by Gasteiger charge is -2.29. The normalized spacial score (nSPS) is 20.8. The van der Waals surface area contributed by atoms with E-state index in [1.165, 1.54) is 25.0 Å². The molecule has 2 unspecified atom stereocenters. The van der Waals surface area contributed by atoms with Crippen LogP contribution in [-0.4, -0.2) is 24.1 Å². The van der Waals surface area contributed by atoms with Crippen LogP contribution in [0.2, 0.25) is 0 Å². The molecule has 0 aromatic heterocycles. The number of nitrogens with one attached hydrogen (secondary N) is 2. The van der Waals surface area contributed by atoms with Crippen molar-refractivity contribution in [2.75, 3.05) is 18.4 Å². The van der Waals surface area contributed by atoms with E-state index in [2.05, 4.69) is 33.5 Å². The van der Waals surface area contributed by atoms with Crippen LogP contribution >= 0.6 is 15.9 Å².